The predicted octanol–water partition coefficient (Wildman–Crippen LogP) is 0.863. The van der Waals surface area contributed by atoms with Crippen LogP contribution in [0.1, 0.15) is 10.6 Å². The highest BCUT2D eigenvalue weighted by Gasteiger charge is 2.19. The summed E-state index contributed by atoms with van der Waals surface area (Å²) in [4.78, 5) is 10.3. The molecule has 0 bridgehead atoms. The standard InChI is InChI=1S/C7H6O4/c8-3-5-7-6(4-11-5)9-1-2-10-7/h3-4H,1-2H2. The van der Waals surface area contributed by atoms with Gasteiger partial charge in [0.25, 0.3) is 0 Å². The lowest BCUT2D eigenvalue weighted by Crippen LogP contribution is -2.14. The third kappa shape index (κ3) is 0.869. The minimum atomic E-state index is 0.194. The number of rotatable bonds is 1. The molecular formula is C7H6O4. The lowest BCUT2D eigenvalue weighted by atomic mass is 10.4. The van der Waals surface area contributed by atoms with Crippen molar-refractivity contribution >= 4 is 6.29 Å². The monoisotopic (exact) mass is 154 g/mol. The van der Waals surface area contributed by atoms with E-state index >= 15 is 0 Å². The van der Waals surface area contributed by atoms with Crippen molar-refractivity contribution in [2.24, 2.45) is 0 Å². The van der Waals surface area contributed by atoms with Crippen molar-refractivity contribution in [2.45, 2.75) is 0 Å². The first-order valence-electron chi connectivity index (χ1n) is 3.24. The fourth-order valence-electron chi connectivity index (χ4n) is 0.964. The van der Waals surface area contributed by atoms with Gasteiger partial charge in [0.05, 0.1) is 0 Å². The van der Waals surface area contributed by atoms with Gasteiger partial charge in [0.1, 0.15) is 19.5 Å². The minimum absolute atomic E-state index is 0.194. The number of aldehydes is 1. The molecule has 4 nitrogen and oxygen atoms in total. The Labute approximate surface area is 62.7 Å². The molecular weight excluding hydrogens is 148 g/mol. The molecule has 0 N–H and O–H groups in total. The number of carbonyl (C=O) groups is 1. The summed E-state index contributed by atoms with van der Waals surface area (Å²) in [5.41, 5.74) is 0. The second-order valence-corrected chi connectivity index (χ2v) is 2.11. The molecule has 0 saturated heterocycles. The van der Waals surface area contributed by atoms with Gasteiger partial charge >= 0.3 is 0 Å². The number of hydrogen-bond donors (Lipinski definition) is 0. The Morgan fingerprint density at radius 1 is 1.36 bits per heavy atom. The summed E-state index contributed by atoms with van der Waals surface area (Å²) in [6, 6.07) is 0. The van der Waals surface area contributed by atoms with E-state index in [0.29, 0.717) is 31.0 Å². The average molecular weight is 154 g/mol. The van der Waals surface area contributed by atoms with Crippen LogP contribution in [0.3, 0.4) is 0 Å². The van der Waals surface area contributed by atoms with Crippen LogP contribution in [0.5, 0.6) is 11.5 Å². The molecule has 11 heavy (non-hydrogen) atoms. The number of ether oxygens (including phenoxy) is 2. The zero-order valence-corrected chi connectivity index (χ0v) is 5.70. The van der Waals surface area contributed by atoms with Crippen LogP contribution in [0, 0.1) is 0 Å². The largest absolute Gasteiger partial charge is 0.483 e. The maximum absolute atomic E-state index is 10.3. The van der Waals surface area contributed by atoms with Gasteiger partial charge in [-0.3, -0.25) is 4.79 Å². The van der Waals surface area contributed by atoms with Crippen molar-refractivity contribution in [3.63, 3.8) is 0 Å². The van der Waals surface area contributed by atoms with E-state index in [4.69, 9.17) is 13.9 Å². The van der Waals surface area contributed by atoms with E-state index in [-0.39, 0.29) is 5.76 Å². The Bertz CT molecular complexity index is 276. The second-order valence-electron chi connectivity index (χ2n) is 2.11. The molecule has 1 aromatic rings. The number of fused-ring (bicyclic) bond motifs is 1. The molecule has 0 unspecified atom stereocenters. The second kappa shape index (κ2) is 2.30. The van der Waals surface area contributed by atoms with Crippen LogP contribution in [-0.4, -0.2) is 19.5 Å². The lowest BCUT2D eigenvalue weighted by Gasteiger charge is -2.13. The van der Waals surface area contributed by atoms with Crippen molar-refractivity contribution < 1.29 is 18.7 Å². The first-order valence-corrected chi connectivity index (χ1v) is 3.24. The Kier molecular flexibility index (Phi) is 1.31. The number of hydrogen-bond acceptors (Lipinski definition) is 4. The molecule has 0 atom stereocenters. The number of carbonyl (C=O) groups excluding carboxylic acids is 1. The Morgan fingerprint density at radius 2 is 2.18 bits per heavy atom. The average Bonchev–Trinajstić information content (AvgIpc) is 2.47. The lowest BCUT2D eigenvalue weighted by molar-refractivity contribution is 0.109. The van der Waals surface area contributed by atoms with Gasteiger partial charge < -0.3 is 13.9 Å². The maximum atomic E-state index is 10.3. The summed E-state index contributed by atoms with van der Waals surface area (Å²) in [6.45, 7) is 0.970. The van der Waals surface area contributed by atoms with Crippen molar-refractivity contribution in [1.29, 1.82) is 0 Å². The zero-order valence-electron chi connectivity index (χ0n) is 5.70. The molecule has 0 aromatic carbocycles. The fourth-order valence-corrected chi connectivity index (χ4v) is 0.964. The first-order chi connectivity index (χ1) is 5.42. The van der Waals surface area contributed by atoms with Gasteiger partial charge in [-0.15, -0.1) is 0 Å². The van der Waals surface area contributed by atoms with Gasteiger partial charge in [0, 0.05) is 0 Å². The van der Waals surface area contributed by atoms with Crippen LogP contribution < -0.4 is 9.47 Å². The number of furan rings is 1. The molecule has 0 spiro atoms. The van der Waals surface area contributed by atoms with E-state index in [1.807, 2.05) is 0 Å². The fraction of sp³-hybridized carbons (Fsp3) is 0.286. The summed E-state index contributed by atoms with van der Waals surface area (Å²) in [5.74, 6) is 1.13. The first kappa shape index (κ1) is 6.27. The van der Waals surface area contributed by atoms with Crippen molar-refractivity contribution in [3.05, 3.63) is 12.0 Å². The molecule has 0 radical (unpaired) electrons. The Hall–Kier alpha value is -1.45. The minimum Gasteiger partial charge on any atom is -0.483 e. The highest BCUT2D eigenvalue weighted by atomic mass is 16.6. The Balaban J connectivity index is 2.45. The molecule has 58 valence electrons. The van der Waals surface area contributed by atoms with Crippen molar-refractivity contribution in [2.75, 3.05) is 13.2 Å². The third-order valence-corrected chi connectivity index (χ3v) is 1.43. The summed E-state index contributed by atoms with van der Waals surface area (Å²) < 4.78 is 15.1. The van der Waals surface area contributed by atoms with Gasteiger partial charge in [-0.05, 0) is 0 Å². The van der Waals surface area contributed by atoms with E-state index in [9.17, 15) is 4.79 Å². The van der Waals surface area contributed by atoms with Crippen molar-refractivity contribution in [3.8, 4) is 11.5 Å². The normalized spacial score (nSPS) is 14.5. The highest BCUT2D eigenvalue weighted by Crippen LogP contribution is 2.34. The molecule has 0 saturated carbocycles. The molecule has 2 rings (SSSR count). The summed E-state index contributed by atoms with van der Waals surface area (Å²) in [6.07, 6.45) is 1.98. The van der Waals surface area contributed by atoms with E-state index in [1.165, 1.54) is 6.26 Å². The zero-order chi connectivity index (χ0) is 7.68. The third-order valence-electron chi connectivity index (χ3n) is 1.43. The molecule has 0 aliphatic carbocycles. The summed E-state index contributed by atoms with van der Waals surface area (Å²) >= 11 is 0. The van der Waals surface area contributed by atoms with Gasteiger partial charge in [-0.2, -0.15) is 0 Å². The van der Waals surface area contributed by atoms with Crippen LogP contribution in [0.4, 0.5) is 0 Å². The quantitative estimate of drug-likeness (QED) is 0.563. The molecule has 1 aliphatic heterocycles. The predicted molar refractivity (Wildman–Crippen MR) is 35.1 cm³/mol. The van der Waals surface area contributed by atoms with Crippen LogP contribution >= 0.6 is 0 Å². The van der Waals surface area contributed by atoms with Crippen molar-refractivity contribution in [1.82, 2.24) is 0 Å². The van der Waals surface area contributed by atoms with Crippen LogP contribution in [0.15, 0.2) is 10.7 Å². The smallest absolute Gasteiger partial charge is 0.212 e. The summed E-state index contributed by atoms with van der Waals surface area (Å²) in [5, 5.41) is 0. The van der Waals surface area contributed by atoms with E-state index in [1.54, 1.807) is 0 Å². The van der Waals surface area contributed by atoms with Crippen LogP contribution in [-0.2, 0) is 0 Å². The van der Waals surface area contributed by atoms with Crippen LogP contribution in [0.2, 0.25) is 0 Å². The maximum Gasteiger partial charge on any atom is 0.212 e. The summed E-state index contributed by atoms with van der Waals surface area (Å²) in [7, 11) is 0. The molecule has 0 fully saturated rings. The topological polar surface area (TPSA) is 48.7 Å². The SMILES string of the molecule is O=Cc1occ2c1OCCO2. The van der Waals surface area contributed by atoms with E-state index < -0.39 is 0 Å². The molecule has 0 amide bonds. The van der Waals surface area contributed by atoms with Gasteiger partial charge in [0.2, 0.25) is 17.3 Å². The van der Waals surface area contributed by atoms with Gasteiger partial charge in [0.15, 0.2) is 6.29 Å². The molecule has 4 heteroatoms. The highest BCUT2D eigenvalue weighted by molar-refractivity contribution is 5.77. The van der Waals surface area contributed by atoms with Gasteiger partial charge in [-0.25, -0.2) is 0 Å². The van der Waals surface area contributed by atoms with E-state index in [2.05, 4.69) is 0 Å². The van der Waals surface area contributed by atoms with E-state index in [0.717, 1.165) is 0 Å². The Morgan fingerprint density at radius 3 is 3.00 bits per heavy atom. The molecule has 2 heterocycles. The van der Waals surface area contributed by atoms with Crippen LogP contribution in [0.25, 0.3) is 0 Å². The molecule has 1 aliphatic rings. The molecule has 1 aromatic heterocycles. The van der Waals surface area contributed by atoms with Gasteiger partial charge in [-0.1, -0.05) is 0 Å².